The maximum atomic E-state index is 2.28. The summed E-state index contributed by atoms with van der Waals surface area (Å²) in [7, 11) is 0. The maximum Gasteiger partial charge on any atom is -0.0129 e. The zero-order valence-corrected chi connectivity index (χ0v) is 10.7. The van der Waals surface area contributed by atoms with Crippen molar-refractivity contribution in [2.75, 3.05) is 0 Å². The summed E-state index contributed by atoms with van der Waals surface area (Å²) >= 11 is 0. The maximum absolute atomic E-state index is 2.28. The number of hydrogen-bond donors (Lipinski definition) is 0. The highest BCUT2D eigenvalue weighted by Gasteiger charge is 2.03. The number of rotatable bonds is 2. The van der Waals surface area contributed by atoms with Crippen molar-refractivity contribution in [2.24, 2.45) is 0 Å². The van der Waals surface area contributed by atoms with Crippen molar-refractivity contribution in [3.63, 3.8) is 0 Å². The van der Waals surface area contributed by atoms with Crippen LogP contribution in [0.3, 0.4) is 0 Å². The van der Waals surface area contributed by atoms with Gasteiger partial charge in [0.05, 0.1) is 0 Å². The zero-order valence-electron chi connectivity index (χ0n) is 10.7. The van der Waals surface area contributed by atoms with Crippen LogP contribution in [0.5, 0.6) is 0 Å². The Morgan fingerprint density at radius 2 is 1.62 bits per heavy atom. The lowest BCUT2D eigenvalue weighted by Gasteiger charge is -1.97. The molecular weight excluding hydrogens is 192 g/mol. The summed E-state index contributed by atoms with van der Waals surface area (Å²) in [6.07, 6.45) is 8.30. The molecule has 0 radical (unpaired) electrons. The molecule has 16 heavy (non-hydrogen) atoms. The first-order valence-electron chi connectivity index (χ1n) is 6.20. The first-order valence-corrected chi connectivity index (χ1v) is 6.20. The topological polar surface area (TPSA) is 0 Å². The first-order chi connectivity index (χ1) is 7.77. The fraction of sp³-hybridized carbons (Fsp3) is 0.375. The van der Waals surface area contributed by atoms with Crippen molar-refractivity contribution in [3.05, 3.63) is 53.6 Å². The third kappa shape index (κ3) is 4.06. The Balaban J connectivity index is 0.000000280. The molecule has 0 bridgehead atoms. The molecule has 0 spiro atoms. The van der Waals surface area contributed by atoms with E-state index in [2.05, 4.69) is 63.3 Å². The largest absolute Gasteiger partial charge is 0.0726 e. The van der Waals surface area contributed by atoms with E-state index in [0.29, 0.717) is 0 Å². The van der Waals surface area contributed by atoms with Gasteiger partial charge in [0, 0.05) is 0 Å². The second-order valence-corrected chi connectivity index (χ2v) is 4.22. The number of hydrogen-bond acceptors (Lipinski definition) is 0. The lowest BCUT2D eigenvalue weighted by atomic mass is 10.1. The van der Waals surface area contributed by atoms with E-state index in [-0.39, 0.29) is 0 Å². The standard InChI is InChI=1S/C12H12.C4H10/c1-10-7-8-12(9-10)11-5-3-2-4-6-11;1-3-4-2/h2-6,8-9H,7H2,1H3;3-4H2,1-2H3. The lowest BCUT2D eigenvalue weighted by Crippen LogP contribution is -1.75. The van der Waals surface area contributed by atoms with Crippen LogP contribution in [0.15, 0.2) is 48.1 Å². The van der Waals surface area contributed by atoms with E-state index in [1.807, 2.05) is 0 Å². The van der Waals surface area contributed by atoms with Gasteiger partial charge in [-0.15, -0.1) is 0 Å². The van der Waals surface area contributed by atoms with Crippen molar-refractivity contribution in [1.82, 2.24) is 0 Å². The minimum Gasteiger partial charge on any atom is -0.0726 e. The van der Waals surface area contributed by atoms with Gasteiger partial charge in [0.25, 0.3) is 0 Å². The van der Waals surface area contributed by atoms with E-state index in [4.69, 9.17) is 0 Å². The second kappa shape index (κ2) is 7.05. The summed E-state index contributed by atoms with van der Waals surface area (Å²) in [6, 6.07) is 10.5. The fourth-order valence-corrected chi connectivity index (χ4v) is 1.49. The molecule has 2 rings (SSSR count). The molecule has 0 N–H and O–H groups in total. The Kier molecular flexibility index (Phi) is 5.63. The lowest BCUT2D eigenvalue weighted by molar-refractivity contribution is 0.886. The average molecular weight is 214 g/mol. The van der Waals surface area contributed by atoms with Crippen LogP contribution in [-0.2, 0) is 0 Å². The van der Waals surface area contributed by atoms with Gasteiger partial charge in [-0.2, -0.15) is 0 Å². The Hall–Kier alpha value is -1.30. The first kappa shape index (κ1) is 12.8. The number of unbranched alkanes of at least 4 members (excludes halogenated alkanes) is 1. The van der Waals surface area contributed by atoms with Gasteiger partial charge in [0.1, 0.15) is 0 Å². The third-order valence-electron chi connectivity index (χ3n) is 2.65. The molecule has 1 aromatic rings. The van der Waals surface area contributed by atoms with Crippen molar-refractivity contribution in [2.45, 2.75) is 40.0 Å². The molecule has 0 heteroatoms. The molecular formula is C16H22. The van der Waals surface area contributed by atoms with Gasteiger partial charge >= 0.3 is 0 Å². The molecule has 0 saturated heterocycles. The molecule has 1 aromatic carbocycles. The highest BCUT2D eigenvalue weighted by molar-refractivity contribution is 5.77. The van der Waals surface area contributed by atoms with Crippen LogP contribution in [-0.4, -0.2) is 0 Å². The Bertz CT molecular complexity index is 353. The normalized spacial score (nSPS) is 13.7. The van der Waals surface area contributed by atoms with Crippen LogP contribution in [0.2, 0.25) is 0 Å². The van der Waals surface area contributed by atoms with Gasteiger partial charge < -0.3 is 0 Å². The van der Waals surface area contributed by atoms with Gasteiger partial charge in [-0.1, -0.05) is 74.7 Å². The summed E-state index contributed by atoms with van der Waals surface area (Å²) in [5, 5.41) is 0. The van der Waals surface area contributed by atoms with E-state index in [0.717, 1.165) is 6.42 Å². The SMILES string of the molecule is CC1=CC(c2ccccc2)=CC1.CCCC. The highest BCUT2D eigenvalue weighted by atomic mass is 14.1. The minimum atomic E-state index is 1.12. The predicted molar refractivity (Wildman–Crippen MR) is 73.4 cm³/mol. The molecule has 0 atom stereocenters. The van der Waals surface area contributed by atoms with Crippen LogP contribution >= 0.6 is 0 Å². The predicted octanol–water partition coefficient (Wildman–Crippen LogP) is 5.23. The van der Waals surface area contributed by atoms with Crippen LogP contribution in [0.25, 0.3) is 5.57 Å². The molecule has 0 nitrogen and oxygen atoms in total. The molecule has 0 aromatic heterocycles. The monoisotopic (exact) mass is 214 g/mol. The molecule has 0 fully saturated rings. The van der Waals surface area contributed by atoms with E-state index < -0.39 is 0 Å². The van der Waals surface area contributed by atoms with Gasteiger partial charge in [-0.3, -0.25) is 0 Å². The zero-order chi connectivity index (χ0) is 11.8. The Labute approximate surface area is 99.7 Å². The molecule has 86 valence electrons. The number of benzene rings is 1. The Morgan fingerprint density at radius 1 is 1.00 bits per heavy atom. The summed E-state index contributed by atoms with van der Waals surface area (Å²) in [5.74, 6) is 0. The minimum absolute atomic E-state index is 1.12. The smallest absolute Gasteiger partial charge is 0.0129 e. The van der Waals surface area contributed by atoms with Crippen molar-refractivity contribution in [3.8, 4) is 0 Å². The molecule has 0 unspecified atom stereocenters. The van der Waals surface area contributed by atoms with Crippen molar-refractivity contribution < 1.29 is 0 Å². The van der Waals surface area contributed by atoms with Gasteiger partial charge in [-0.25, -0.2) is 0 Å². The molecule has 0 aliphatic heterocycles. The average Bonchev–Trinajstić information content (AvgIpc) is 2.77. The molecule has 0 amide bonds. The van der Waals surface area contributed by atoms with Crippen molar-refractivity contribution in [1.29, 1.82) is 0 Å². The van der Waals surface area contributed by atoms with Crippen LogP contribution in [0.4, 0.5) is 0 Å². The quantitative estimate of drug-likeness (QED) is 0.632. The van der Waals surface area contributed by atoms with E-state index >= 15 is 0 Å². The summed E-state index contributed by atoms with van der Waals surface area (Å²) in [4.78, 5) is 0. The Morgan fingerprint density at radius 3 is 2.06 bits per heavy atom. The summed E-state index contributed by atoms with van der Waals surface area (Å²) < 4.78 is 0. The fourth-order valence-electron chi connectivity index (χ4n) is 1.49. The van der Waals surface area contributed by atoms with E-state index in [9.17, 15) is 0 Å². The molecule has 1 aliphatic rings. The van der Waals surface area contributed by atoms with Crippen LogP contribution in [0, 0.1) is 0 Å². The number of allylic oxidation sites excluding steroid dienone is 4. The third-order valence-corrected chi connectivity index (χ3v) is 2.65. The molecule has 1 aliphatic carbocycles. The summed E-state index contributed by atoms with van der Waals surface area (Å²) in [5.41, 5.74) is 4.15. The van der Waals surface area contributed by atoms with E-state index in [1.54, 1.807) is 0 Å². The van der Waals surface area contributed by atoms with Gasteiger partial charge in [0.15, 0.2) is 0 Å². The summed E-state index contributed by atoms with van der Waals surface area (Å²) in [6.45, 7) is 6.53. The van der Waals surface area contributed by atoms with Crippen LogP contribution < -0.4 is 0 Å². The van der Waals surface area contributed by atoms with Gasteiger partial charge in [0.2, 0.25) is 0 Å². The molecule has 0 saturated carbocycles. The van der Waals surface area contributed by atoms with Gasteiger partial charge in [-0.05, 0) is 24.5 Å². The molecule has 0 heterocycles. The highest BCUT2D eigenvalue weighted by Crippen LogP contribution is 2.25. The van der Waals surface area contributed by atoms with Crippen molar-refractivity contribution >= 4 is 5.57 Å². The second-order valence-electron chi connectivity index (χ2n) is 4.22. The van der Waals surface area contributed by atoms with Crippen LogP contribution in [0.1, 0.15) is 45.6 Å². The van der Waals surface area contributed by atoms with E-state index in [1.165, 1.54) is 29.6 Å².